The molecule has 23 heavy (non-hydrogen) atoms. The maximum absolute atomic E-state index is 4.25. The van der Waals surface area contributed by atoms with Gasteiger partial charge >= 0.3 is 0 Å². The average molecular weight is 309 g/mol. The van der Waals surface area contributed by atoms with E-state index in [1.807, 2.05) is 4.52 Å². The standard InChI is InChI=1S/C18H23N5/c1-12-8-14-10-15(11-19-16-6-4-3-5-7-16)18-20-21-22-23(18)17(14)9-13(12)2/h8-10,16,19H,3-7,11H2,1-2H3. The molecule has 0 spiro atoms. The summed E-state index contributed by atoms with van der Waals surface area (Å²) < 4.78 is 1.87. The lowest BCUT2D eigenvalue weighted by molar-refractivity contribution is 0.372. The Bertz CT molecular complexity index is 845. The number of hydrogen-bond donors (Lipinski definition) is 1. The molecule has 5 heteroatoms. The lowest BCUT2D eigenvalue weighted by Crippen LogP contribution is -2.30. The highest BCUT2D eigenvalue weighted by Gasteiger charge is 2.15. The van der Waals surface area contributed by atoms with Crippen LogP contribution in [0.25, 0.3) is 16.6 Å². The van der Waals surface area contributed by atoms with Gasteiger partial charge in [0.05, 0.1) is 5.52 Å². The van der Waals surface area contributed by atoms with Crippen molar-refractivity contribution in [2.45, 2.75) is 58.5 Å². The van der Waals surface area contributed by atoms with Gasteiger partial charge in [-0.2, -0.15) is 4.52 Å². The molecule has 0 saturated heterocycles. The van der Waals surface area contributed by atoms with Gasteiger partial charge in [-0.3, -0.25) is 0 Å². The second-order valence-corrected chi connectivity index (χ2v) is 6.79. The number of fused-ring (bicyclic) bond motifs is 3. The van der Waals surface area contributed by atoms with Gasteiger partial charge in [0.25, 0.3) is 0 Å². The lowest BCUT2D eigenvalue weighted by atomic mass is 9.95. The summed E-state index contributed by atoms with van der Waals surface area (Å²) in [7, 11) is 0. The van der Waals surface area contributed by atoms with Gasteiger partial charge in [0.15, 0.2) is 5.65 Å². The summed E-state index contributed by atoms with van der Waals surface area (Å²) in [5.41, 5.74) is 5.69. The molecule has 0 unspecified atom stereocenters. The summed E-state index contributed by atoms with van der Waals surface area (Å²) in [5.74, 6) is 0. The highest BCUT2D eigenvalue weighted by atomic mass is 15.5. The summed E-state index contributed by atoms with van der Waals surface area (Å²) in [6.45, 7) is 5.11. The quantitative estimate of drug-likeness (QED) is 0.806. The van der Waals surface area contributed by atoms with Gasteiger partial charge in [-0.05, 0) is 66.4 Å². The summed E-state index contributed by atoms with van der Waals surface area (Å²) in [5, 5.41) is 17.2. The van der Waals surface area contributed by atoms with E-state index in [-0.39, 0.29) is 0 Å². The minimum absolute atomic E-state index is 0.634. The molecule has 0 amide bonds. The van der Waals surface area contributed by atoms with Crippen LogP contribution in [0.15, 0.2) is 18.2 Å². The van der Waals surface area contributed by atoms with E-state index in [4.69, 9.17) is 0 Å². The maximum atomic E-state index is 4.25. The van der Waals surface area contributed by atoms with Gasteiger partial charge in [0.1, 0.15) is 0 Å². The predicted octanol–water partition coefficient (Wildman–Crippen LogP) is 3.32. The van der Waals surface area contributed by atoms with Crippen LogP contribution in [-0.4, -0.2) is 26.1 Å². The molecule has 2 aromatic heterocycles. The molecular weight excluding hydrogens is 286 g/mol. The Morgan fingerprint density at radius 3 is 2.70 bits per heavy atom. The second-order valence-electron chi connectivity index (χ2n) is 6.79. The van der Waals surface area contributed by atoms with Crippen molar-refractivity contribution in [3.63, 3.8) is 0 Å². The van der Waals surface area contributed by atoms with Crippen LogP contribution >= 0.6 is 0 Å². The van der Waals surface area contributed by atoms with Crippen molar-refractivity contribution in [2.24, 2.45) is 0 Å². The van der Waals surface area contributed by atoms with Gasteiger partial charge in [-0.15, -0.1) is 5.10 Å². The zero-order valence-electron chi connectivity index (χ0n) is 13.8. The fourth-order valence-corrected chi connectivity index (χ4v) is 3.62. The first-order valence-corrected chi connectivity index (χ1v) is 8.57. The van der Waals surface area contributed by atoms with E-state index in [1.54, 1.807) is 0 Å². The van der Waals surface area contributed by atoms with Gasteiger partial charge in [0, 0.05) is 23.5 Å². The van der Waals surface area contributed by atoms with Crippen LogP contribution in [0, 0.1) is 13.8 Å². The minimum Gasteiger partial charge on any atom is -0.310 e. The third-order valence-corrected chi connectivity index (χ3v) is 5.14. The third-order valence-electron chi connectivity index (χ3n) is 5.14. The Morgan fingerprint density at radius 1 is 1.09 bits per heavy atom. The molecule has 0 bridgehead atoms. The van der Waals surface area contributed by atoms with Crippen molar-refractivity contribution >= 4 is 16.6 Å². The van der Waals surface area contributed by atoms with Crippen LogP contribution in [0.5, 0.6) is 0 Å². The van der Waals surface area contributed by atoms with Crippen LogP contribution in [-0.2, 0) is 6.54 Å². The molecule has 1 fully saturated rings. The van der Waals surface area contributed by atoms with Crippen LogP contribution in [0.2, 0.25) is 0 Å². The molecule has 1 saturated carbocycles. The molecule has 4 rings (SSSR count). The second kappa shape index (κ2) is 5.89. The van der Waals surface area contributed by atoms with Gasteiger partial charge in [-0.25, -0.2) is 0 Å². The van der Waals surface area contributed by atoms with Crippen molar-refractivity contribution in [1.82, 2.24) is 25.4 Å². The summed E-state index contributed by atoms with van der Waals surface area (Å²) in [6.07, 6.45) is 6.64. The Morgan fingerprint density at radius 2 is 1.87 bits per heavy atom. The molecular formula is C18H23N5. The molecule has 3 aromatic rings. The first-order chi connectivity index (χ1) is 11.2. The zero-order valence-corrected chi connectivity index (χ0v) is 13.8. The van der Waals surface area contributed by atoms with E-state index >= 15 is 0 Å². The minimum atomic E-state index is 0.634. The molecule has 1 aliphatic rings. The number of tetrazole rings is 1. The van der Waals surface area contributed by atoms with Crippen molar-refractivity contribution in [1.29, 1.82) is 0 Å². The predicted molar refractivity (Wildman–Crippen MR) is 91.5 cm³/mol. The van der Waals surface area contributed by atoms with E-state index in [1.165, 1.54) is 54.2 Å². The first kappa shape index (κ1) is 14.6. The van der Waals surface area contributed by atoms with E-state index in [9.17, 15) is 0 Å². The van der Waals surface area contributed by atoms with Crippen LogP contribution < -0.4 is 5.32 Å². The fraction of sp³-hybridized carbons (Fsp3) is 0.500. The van der Waals surface area contributed by atoms with E-state index in [2.05, 4.69) is 52.9 Å². The zero-order chi connectivity index (χ0) is 15.8. The summed E-state index contributed by atoms with van der Waals surface area (Å²) >= 11 is 0. The summed E-state index contributed by atoms with van der Waals surface area (Å²) in [6, 6.07) is 7.28. The molecule has 1 N–H and O–H groups in total. The van der Waals surface area contributed by atoms with Crippen molar-refractivity contribution in [3.8, 4) is 0 Å². The monoisotopic (exact) mass is 309 g/mol. The molecule has 2 heterocycles. The fourth-order valence-electron chi connectivity index (χ4n) is 3.62. The largest absolute Gasteiger partial charge is 0.310 e. The third kappa shape index (κ3) is 2.70. The Kier molecular flexibility index (Phi) is 3.73. The number of rotatable bonds is 3. The molecule has 0 atom stereocenters. The Labute approximate surface area is 136 Å². The molecule has 5 nitrogen and oxygen atoms in total. The molecule has 120 valence electrons. The number of pyridine rings is 1. The molecule has 0 aliphatic heterocycles. The van der Waals surface area contributed by atoms with Gasteiger partial charge in [0.2, 0.25) is 0 Å². The summed E-state index contributed by atoms with van der Waals surface area (Å²) in [4.78, 5) is 0. The molecule has 0 radical (unpaired) electrons. The SMILES string of the molecule is Cc1cc2cc(CNC3CCCCC3)c3nnnn3c2cc1C. The topological polar surface area (TPSA) is 55.1 Å². The number of nitrogens with one attached hydrogen (secondary N) is 1. The molecule has 1 aliphatic carbocycles. The molecule has 1 aromatic carbocycles. The first-order valence-electron chi connectivity index (χ1n) is 8.57. The number of aromatic nitrogens is 4. The number of benzene rings is 1. The highest BCUT2D eigenvalue weighted by Crippen LogP contribution is 2.23. The van der Waals surface area contributed by atoms with E-state index in [0.717, 1.165) is 17.7 Å². The van der Waals surface area contributed by atoms with E-state index in [0.29, 0.717) is 6.04 Å². The van der Waals surface area contributed by atoms with Crippen molar-refractivity contribution in [2.75, 3.05) is 0 Å². The van der Waals surface area contributed by atoms with Crippen molar-refractivity contribution < 1.29 is 0 Å². The smallest absolute Gasteiger partial charge is 0.184 e. The van der Waals surface area contributed by atoms with Gasteiger partial charge in [-0.1, -0.05) is 19.3 Å². The lowest BCUT2D eigenvalue weighted by Gasteiger charge is -2.23. The Hall–Kier alpha value is -2.01. The van der Waals surface area contributed by atoms with Crippen LogP contribution in [0.4, 0.5) is 0 Å². The normalized spacial score (nSPS) is 16.4. The van der Waals surface area contributed by atoms with Crippen LogP contribution in [0.1, 0.15) is 48.8 Å². The van der Waals surface area contributed by atoms with Gasteiger partial charge < -0.3 is 5.32 Å². The van der Waals surface area contributed by atoms with Crippen LogP contribution in [0.3, 0.4) is 0 Å². The maximum Gasteiger partial charge on any atom is 0.184 e. The van der Waals surface area contributed by atoms with Crippen molar-refractivity contribution in [3.05, 3.63) is 34.9 Å². The highest BCUT2D eigenvalue weighted by molar-refractivity contribution is 5.84. The number of aryl methyl sites for hydroxylation is 2. The number of hydrogen-bond acceptors (Lipinski definition) is 4. The van der Waals surface area contributed by atoms with E-state index < -0.39 is 0 Å². The number of nitrogens with zero attached hydrogens (tertiary/aromatic N) is 4. The average Bonchev–Trinajstić information content (AvgIpc) is 3.05. The Balaban J connectivity index is 1.72.